The van der Waals surface area contributed by atoms with Crippen LogP contribution in [-0.2, 0) is 0 Å². The largest absolute Gasteiger partial charge is 0.0842 e. The van der Waals surface area contributed by atoms with Crippen LogP contribution < -0.4 is 0 Å². The smallest absolute Gasteiger partial charge is 0.0467 e. The number of hydrogen-bond acceptors (Lipinski definition) is 0. The van der Waals surface area contributed by atoms with Crippen molar-refractivity contribution < 1.29 is 0 Å². The Labute approximate surface area is 74.7 Å². The minimum atomic E-state index is 0.498. The highest BCUT2D eigenvalue weighted by Crippen LogP contribution is 2.27. The van der Waals surface area contributed by atoms with Crippen LogP contribution in [0.4, 0.5) is 0 Å². The van der Waals surface area contributed by atoms with Crippen LogP contribution in [-0.4, -0.2) is 0 Å². The summed E-state index contributed by atoms with van der Waals surface area (Å²) >= 11 is 17.0. The molecule has 0 N–H and O–H groups in total. The number of halogens is 3. The van der Waals surface area contributed by atoms with Gasteiger partial charge in [0.05, 0.1) is 0 Å². The van der Waals surface area contributed by atoms with Crippen molar-refractivity contribution in [3.8, 4) is 0 Å². The van der Waals surface area contributed by atoms with Crippen molar-refractivity contribution >= 4 is 34.8 Å². The zero-order chi connectivity index (χ0) is 7.72. The van der Waals surface area contributed by atoms with E-state index in [-0.39, 0.29) is 0 Å². The van der Waals surface area contributed by atoms with Crippen LogP contribution in [0, 0.1) is 6.92 Å². The van der Waals surface area contributed by atoms with Crippen molar-refractivity contribution in [2.75, 3.05) is 0 Å². The molecule has 0 aliphatic rings. The minimum Gasteiger partial charge on any atom is -0.0842 e. The fourth-order valence-electron chi connectivity index (χ4n) is 0.572. The van der Waals surface area contributed by atoms with Gasteiger partial charge in [-0.1, -0.05) is 34.8 Å². The van der Waals surface area contributed by atoms with Crippen molar-refractivity contribution in [2.45, 2.75) is 0 Å². The van der Waals surface area contributed by atoms with Crippen LogP contribution in [0.5, 0.6) is 0 Å². The maximum absolute atomic E-state index is 5.69. The van der Waals surface area contributed by atoms with Crippen LogP contribution in [0.15, 0.2) is 12.1 Å². The molecule has 1 radical (unpaired) electrons. The molecule has 0 bridgehead atoms. The van der Waals surface area contributed by atoms with Gasteiger partial charge in [0, 0.05) is 15.1 Å². The summed E-state index contributed by atoms with van der Waals surface area (Å²) in [6.45, 7) is 3.64. The molecule has 0 aliphatic heterocycles. The molecule has 0 spiro atoms. The van der Waals surface area contributed by atoms with E-state index in [1.807, 2.05) is 0 Å². The second kappa shape index (κ2) is 3.00. The summed E-state index contributed by atoms with van der Waals surface area (Å²) in [5, 5.41) is 1.53. The Kier molecular flexibility index (Phi) is 2.45. The average Bonchev–Trinajstić information content (AvgIpc) is 1.82. The monoisotopic (exact) mass is 193 g/mol. The second-order valence-electron chi connectivity index (χ2n) is 1.85. The van der Waals surface area contributed by atoms with Gasteiger partial charge in [-0.05, 0) is 24.6 Å². The Morgan fingerprint density at radius 3 is 1.80 bits per heavy atom. The summed E-state index contributed by atoms with van der Waals surface area (Å²) in [6.07, 6.45) is 0. The molecule has 0 nitrogen and oxygen atoms in total. The molecule has 0 amide bonds. The molecule has 0 atom stereocenters. The first-order valence-corrected chi connectivity index (χ1v) is 3.71. The highest BCUT2D eigenvalue weighted by atomic mass is 35.5. The van der Waals surface area contributed by atoms with Gasteiger partial charge in [-0.25, -0.2) is 0 Å². The Morgan fingerprint density at radius 1 is 1.00 bits per heavy atom. The first-order chi connectivity index (χ1) is 4.61. The van der Waals surface area contributed by atoms with E-state index in [4.69, 9.17) is 34.8 Å². The van der Waals surface area contributed by atoms with Crippen LogP contribution in [0.3, 0.4) is 0 Å². The van der Waals surface area contributed by atoms with Crippen LogP contribution in [0.2, 0.25) is 15.1 Å². The van der Waals surface area contributed by atoms with Crippen molar-refractivity contribution in [1.29, 1.82) is 0 Å². The summed E-state index contributed by atoms with van der Waals surface area (Å²) < 4.78 is 0. The zero-order valence-corrected chi connectivity index (χ0v) is 7.26. The molecule has 1 rings (SSSR count). The summed E-state index contributed by atoms with van der Waals surface area (Å²) in [6, 6.07) is 3.22. The van der Waals surface area contributed by atoms with Crippen molar-refractivity contribution in [3.05, 3.63) is 39.7 Å². The topological polar surface area (TPSA) is 0 Å². The van der Waals surface area contributed by atoms with E-state index < -0.39 is 0 Å². The molecule has 0 unspecified atom stereocenters. The van der Waals surface area contributed by atoms with Gasteiger partial charge in [-0.15, -0.1) is 0 Å². The highest BCUT2D eigenvalue weighted by Gasteiger charge is 2.01. The first-order valence-electron chi connectivity index (χ1n) is 2.58. The molecule has 1 aromatic carbocycles. The molecule has 0 saturated heterocycles. The molecule has 0 fully saturated rings. The minimum absolute atomic E-state index is 0.498. The summed E-state index contributed by atoms with van der Waals surface area (Å²) in [5.41, 5.74) is 0.618. The SMILES string of the molecule is [CH2]c1c(Cl)cc(Cl)cc1Cl. The molecule has 53 valence electrons. The Morgan fingerprint density at radius 2 is 1.40 bits per heavy atom. The predicted octanol–water partition coefficient (Wildman–Crippen LogP) is 3.83. The fourth-order valence-corrected chi connectivity index (χ4v) is 1.39. The standard InChI is InChI=1S/C7H4Cl3/c1-4-6(9)2-5(8)3-7(4)10/h2-3H,1H2. The molecular weight excluding hydrogens is 190 g/mol. The van der Waals surface area contributed by atoms with E-state index >= 15 is 0 Å². The number of hydrogen-bond donors (Lipinski definition) is 0. The third kappa shape index (κ3) is 1.57. The third-order valence-electron chi connectivity index (χ3n) is 1.11. The lowest BCUT2D eigenvalue weighted by atomic mass is 10.2. The summed E-state index contributed by atoms with van der Waals surface area (Å²) in [5.74, 6) is 0. The lowest BCUT2D eigenvalue weighted by Crippen LogP contribution is -1.76. The summed E-state index contributed by atoms with van der Waals surface area (Å²) in [7, 11) is 0. The second-order valence-corrected chi connectivity index (χ2v) is 3.10. The average molecular weight is 194 g/mol. The van der Waals surface area contributed by atoms with E-state index in [2.05, 4.69) is 6.92 Å². The van der Waals surface area contributed by atoms with E-state index in [0.29, 0.717) is 20.6 Å². The Balaban J connectivity index is 3.31. The quantitative estimate of drug-likeness (QED) is 0.589. The Bertz CT molecular complexity index is 232. The van der Waals surface area contributed by atoms with Gasteiger partial charge in [0.15, 0.2) is 0 Å². The Hall–Kier alpha value is 0.0900. The molecular formula is C7H4Cl3. The van der Waals surface area contributed by atoms with Gasteiger partial charge in [0.2, 0.25) is 0 Å². The number of benzene rings is 1. The predicted molar refractivity (Wildman–Crippen MR) is 45.9 cm³/mol. The van der Waals surface area contributed by atoms with E-state index in [1.54, 1.807) is 12.1 Å². The molecule has 0 aliphatic carbocycles. The fraction of sp³-hybridized carbons (Fsp3) is 0. The van der Waals surface area contributed by atoms with Crippen molar-refractivity contribution in [2.24, 2.45) is 0 Å². The van der Waals surface area contributed by atoms with Crippen LogP contribution >= 0.6 is 34.8 Å². The van der Waals surface area contributed by atoms with Crippen molar-refractivity contribution in [1.82, 2.24) is 0 Å². The molecule has 0 saturated carbocycles. The molecule has 3 heteroatoms. The molecule has 0 aromatic heterocycles. The van der Waals surface area contributed by atoms with Crippen LogP contribution in [0.1, 0.15) is 5.56 Å². The lowest BCUT2D eigenvalue weighted by Gasteiger charge is -1.99. The highest BCUT2D eigenvalue weighted by molar-refractivity contribution is 6.39. The van der Waals surface area contributed by atoms with Gasteiger partial charge in [-0.2, -0.15) is 0 Å². The normalized spacial score (nSPS) is 10.0. The maximum atomic E-state index is 5.69. The molecule has 1 aromatic rings. The van der Waals surface area contributed by atoms with Crippen molar-refractivity contribution in [3.63, 3.8) is 0 Å². The van der Waals surface area contributed by atoms with Gasteiger partial charge in [0.25, 0.3) is 0 Å². The lowest BCUT2D eigenvalue weighted by molar-refractivity contribution is 1.61. The molecule has 0 heterocycles. The third-order valence-corrected chi connectivity index (χ3v) is 2.00. The van der Waals surface area contributed by atoms with Gasteiger partial charge in [-0.3, -0.25) is 0 Å². The number of rotatable bonds is 0. The molecule has 10 heavy (non-hydrogen) atoms. The van der Waals surface area contributed by atoms with Crippen LogP contribution in [0.25, 0.3) is 0 Å². The van der Waals surface area contributed by atoms with Gasteiger partial charge < -0.3 is 0 Å². The van der Waals surface area contributed by atoms with E-state index in [9.17, 15) is 0 Å². The maximum Gasteiger partial charge on any atom is 0.0467 e. The summed E-state index contributed by atoms with van der Waals surface area (Å²) in [4.78, 5) is 0. The first kappa shape index (κ1) is 8.19. The van der Waals surface area contributed by atoms with E-state index in [0.717, 1.165) is 0 Å². The van der Waals surface area contributed by atoms with E-state index in [1.165, 1.54) is 0 Å². The van der Waals surface area contributed by atoms with Gasteiger partial charge in [0.1, 0.15) is 0 Å². The van der Waals surface area contributed by atoms with Gasteiger partial charge >= 0.3 is 0 Å². The zero-order valence-electron chi connectivity index (χ0n) is 5.00.